The maximum absolute atomic E-state index is 12.2. The molecule has 9 heteroatoms. The first-order valence-electron chi connectivity index (χ1n) is 7.73. The summed E-state index contributed by atoms with van der Waals surface area (Å²) in [6.07, 6.45) is 3.10. The van der Waals surface area contributed by atoms with E-state index < -0.39 is 0 Å². The van der Waals surface area contributed by atoms with Crippen LogP contribution in [-0.2, 0) is 0 Å². The Morgan fingerprint density at radius 3 is 2.88 bits per heavy atom. The molecular weight excluding hydrogens is 354 g/mol. The zero-order valence-electron chi connectivity index (χ0n) is 13.6. The van der Waals surface area contributed by atoms with Gasteiger partial charge in [0, 0.05) is 19.3 Å². The van der Waals surface area contributed by atoms with Crippen molar-refractivity contribution in [3.8, 4) is 11.8 Å². The standard InChI is InChI=1S/C17H14ClN7O/c18-13-5-1-2-6-15(13)25-11-14(23-24-25)17(26)22-9-8-21-16-12(10-19)4-3-7-20-16/h1-7,11H,8-9H2,(H,20,21)(H,22,26). The lowest BCUT2D eigenvalue weighted by atomic mass is 10.3. The number of hydrogen-bond donors (Lipinski definition) is 2. The molecule has 2 aromatic heterocycles. The number of carbonyl (C=O) groups is 1. The van der Waals surface area contributed by atoms with Crippen LogP contribution in [0, 0.1) is 11.3 Å². The molecule has 0 radical (unpaired) electrons. The predicted molar refractivity (Wildman–Crippen MR) is 96.1 cm³/mol. The van der Waals surface area contributed by atoms with Gasteiger partial charge in [0.15, 0.2) is 5.69 Å². The summed E-state index contributed by atoms with van der Waals surface area (Å²) in [5.74, 6) is 0.126. The Morgan fingerprint density at radius 1 is 1.23 bits per heavy atom. The van der Waals surface area contributed by atoms with Crippen LogP contribution in [0.25, 0.3) is 5.69 Å². The van der Waals surface area contributed by atoms with Crippen molar-refractivity contribution in [2.45, 2.75) is 0 Å². The van der Waals surface area contributed by atoms with Crippen molar-refractivity contribution in [1.29, 1.82) is 5.26 Å². The van der Waals surface area contributed by atoms with Gasteiger partial charge in [-0.2, -0.15) is 5.26 Å². The van der Waals surface area contributed by atoms with E-state index in [4.69, 9.17) is 16.9 Å². The van der Waals surface area contributed by atoms with Crippen molar-refractivity contribution in [3.05, 3.63) is 65.1 Å². The van der Waals surface area contributed by atoms with Crippen molar-refractivity contribution >= 4 is 23.3 Å². The average Bonchev–Trinajstić information content (AvgIpc) is 3.16. The molecule has 1 amide bonds. The Morgan fingerprint density at radius 2 is 2.08 bits per heavy atom. The number of nitriles is 1. The molecule has 8 nitrogen and oxygen atoms in total. The van der Waals surface area contributed by atoms with Gasteiger partial charge < -0.3 is 10.6 Å². The van der Waals surface area contributed by atoms with Crippen molar-refractivity contribution in [2.75, 3.05) is 18.4 Å². The highest BCUT2D eigenvalue weighted by atomic mass is 35.5. The molecule has 0 unspecified atom stereocenters. The van der Waals surface area contributed by atoms with E-state index in [-0.39, 0.29) is 11.6 Å². The first kappa shape index (κ1) is 17.4. The lowest BCUT2D eigenvalue weighted by molar-refractivity contribution is 0.0950. The van der Waals surface area contributed by atoms with E-state index in [1.54, 1.807) is 30.5 Å². The van der Waals surface area contributed by atoms with Crippen LogP contribution in [0.4, 0.5) is 5.82 Å². The zero-order valence-corrected chi connectivity index (χ0v) is 14.3. The molecule has 2 heterocycles. The van der Waals surface area contributed by atoms with E-state index in [1.807, 2.05) is 18.2 Å². The molecule has 3 rings (SSSR count). The molecule has 0 aliphatic carbocycles. The number of para-hydroxylation sites is 1. The van der Waals surface area contributed by atoms with Gasteiger partial charge in [0.2, 0.25) is 0 Å². The zero-order chi connectivity index (χ0) is 18.4. The van der Waals surface area contributed by atoms with Crippen LogP contribution in [-0.4, -0.2) is 39.0 Å². The minimum absolute atomic E-state index is 0.181. The molecule has 0 aliphatic rings. The van der Waals surface area contributed by atoms with E-state index in [2.05, 4.69) is 25.9 Å². The fraction of sp³-hybridized carbons (Fsp3) is 0.118. The molecule has 26 heavy (non-hydrogen) atoms. The molecule has 0 saturated heterocycles. The summed E-state index contributed by atoms with van der Waals surface area (Å²) in [6.45, 7) is 0.745. The monoisotopic (exact) mass is 367 g/mol. The van der Waals surface area contributed by atoms with Gasteiger partial charge in [-0.05, 0) is 24.3 Å². The molecule has 0 saturated carbocycles. The van der Waals surface area contributed by atoms with Gasteiger partial charge in [-0.1, -0.05) is 28.9 Å². The number of aromatic nitrogens is 4. The Balaban J connectivity index is 1.55. The average molecular weight is 368 g/mol. The molecular formula is C17H14ClN7O. The van der Waals surface area contributed by atoms with E-state index in [9.17, 15) is 4.79 Å². The van der Waals surface area contributed by atoms with Crippen LogP contribution in [0.2, 0.25) is 5.02 Å². The summed E-state index contributed by atoms with van der Waals surface area (Å²) < 4.78 is 1.45. The fourth-order valence-corrected chi connectivity index (χ4v) is 2.43. The summed E-state index contributed by atoms with van der Waals surface area (Å²) in [5, 5.41) is 23.0. The van der Waals surface area contributed by atoms with Crippen molar-refractivity contribution < 1.29 is 4.79 Å². The SMILES string of the molecule is N#Cc1cccnc1NCCNC(=O)c1cn(-c2ccccc2Cl)nn1. The Hall–Kier alpha value is -3.44. The van der Waals surface area contributed by atoms with Gasteiger partial charge in [-0.15, -0.1) is 5.10 Å². The van der Waals surface area contributed by atoms with Crippen LogP contribution in [0.3, 0.4) is 0 Å². The van der Waals surface area contributed by atoms with Gasteiger partial charge in [-0.3, -0.25) is 4.79 Å². The third kappa shape index (κ3) is 3.96. The topological polar surface area (TPSA) is 109 Å². The minimum atomic E-state index is -0.355. The van der Waals surface area contributed by atoms with Crippen LogP contribution >= 0.6 is 11.6 Å². The number of nitrogens with zero attached hydrogens (tertiary/aromatic N) is 5. The summed E-state index contributed by atoms with van der Waals surface area (Å²) in [7, 11) is 0. The van der Waals surface area contributed by atoms with Crippen LogP contribution in [0.1, 0.15) is 16.1 Å². The molecule has 0 atom stereocenters. The molecule has 0 aliphatic heterocycles. The quantitative estimate of drug-likeness (QED) is 0.645. The van der Waals surface area contributed by atoms with Gasteiger partial charge >= 0.3 is 0 Å². The molecule has 3 aromatic rings. The smallest absolute Gasteiger partial charge is 0.273 e. The van der Waals surface area contributed by atoms with E-state index >= 15 is 0 Å². The number of rotatable bonds is 6. The lowest BCUT2D eigenvalue weighted by Crippen LogP contribution is -2.29. The summed E-state index contributed by atoms with van der Waals surface area (Å²) in [5.41, 5.74) is 1.27. The predicted octanol–water partition coefficient (Wildman–Crippen LogP) is 2.03. The van der Waals surface area contributed by atoms with Gasteiger partial charge in [-0.25, -0.2) is 9.67 Å². The second-order valence-corrected chi connectivity index (χ2v) is 5.60. The van der Waals surface area contributed by atoms with Gasteiger partial charge in [0.25, 0.3) is 5.91 Å². The first-order valence-corrected chi connectivity index (χ1v) is 8.11. The highest BCUT2D eigenvalue weighted by molar-refractivity contribution is 6.32. The second kappa shape index (κ2) is 8.09. The highest BCUT2D eigenvalue weighted by Gasteiger charge is 2.12. The Bertz CT molecular complexity index is 963. The number of amides is 1. The minimum Gasteiger partial charge on any atom is -0.367 e. The molecule has 0 spiro atoms. The van der Waals surface area contributed by atoms with Crippen LogP contribution < -0.4 is 10.6 Å². The number of pyridine rings is 1. The Kier molecular flexibility index (Phi) is 5.41. The number of carbonyl (C=O) groups excluding carboxylic acids is 1. The van der Waals surface area contributed by atoms with E-state index in [0.29, 0.717) is 35.2 Å². The maximum atomic E-state index is 12.2. The molecule has 0 bridgehead atoms. The number of benzene rings is 1. The largest absolute Gasteiger partial charge is 0.367 e. The Labute approximate surface area is 154 Å². The molecule has 0 fully saturated rings. The molecule has 1 aromatic carbocycles. The van der Waals surface area contributed by atoms with Crippen LogP contribution in [0.5, 0.6) is 0 Å². The summed E-state index contributed by atoms with van der Waals surface area (Å²) >= 11 is 6.11. The van der Waals surface area contributed by atoms with Gasteiger partial charge in [0.1, 0.15) is 11.9 Å². The van der Waals surface area contributed by atoms with Crippen molar-refractivity contribution in [3.63, 3.8) is 0 Å². The number of halogens is 1. The van der Waals surface area contributed by atoms with Crippen molar-refractivity contribution in [1.82, 2.24) is 25.3 Å². The third-order valence-electron chi connectivity index (χ3n) is 3.46. The maximum Gasteiger partial charge on any atom is 0.273 e. The second-order valence-electron chi connectivity index (χ2n) is 5.19. The van der Waals surface area contributed by atoms with Gasteiger partial charge in [0.05, 0.1) is 22.5 Å². The summed E-state index contributed by atoms with van der Waals surface area (Å²) in [4.78, 5) is 16.2. The number of anilines is 1. The summed E-state index contributed by atoms with van der Waals surface area (Å²) in [6, 6.07) is 12.5. The third-order valence-corrected chi connectivity index (χ3v) is 3.78. The molecule has 130 valence electrons. The number of nitrogens with one attached hydrogen (secondary N) is 2. The molecule has 2 N–H and O–H groups in total. The van der Waals surface area contributed by atoms with Crippen molar-refractivity contribution in [2.24, 2.45) is 0 Å². The normalized spacial score (nSPS) is 10.2. The highest BCUT2D eigenvalue weighted by Crippen LogP contribution is 2.18. The van der Waals surface area contributed by atoms with E-state index in [1.165, 1.54) is 10.9 Å². The number of hydrogen-bond acceptors (Lipinski definition) is 6. The fourth-order valence-electron chi connectivity index (χ4n) is 2.21. The first-order chi connectivity index (χ1) is 12.7. The van der Waals surface area contributed by atoms with Crippen LogP contribution in [0.15, 0.2) is 48.8 Å². The van der Waals surface area contributed by atoms with E-state index in [0.717, 1.165) is 0 Å². The lowest BCUT2D eigenvalue weighted by Gasteiger charge is -2.07.